The minimum absolute atomic E-state index is 0.624. The predicted octanol–water partition coefficient (Wildman–Crippen LogP) is 4.85. The van der Waals surface area contributed by atoms with Crippen LogP contribution in [0.5, 0.6) is 0 Å². The Hall–Kier alpha value is -1.48. The van der Waals surface area contributed by atoms with Crippen molar-refractivity contribution in [2.75, 3.05) is 19.8 Å². The zero-order chi connectivity index (χ0) is 21.8. The Bertz CT molecular complexity index is 474. The average Bonchev–Trinajstić information content (AvgIpc) is 2.68. The fourth-order valence-electron chi connectivity index (χ4n) is 2.85. The number of hydrogen-bond donors (Lipinski definition) is 1. The number of carboxylic acids is 1. The van der Waals surface area contributed by atoms with Crippen LogP contribution in [0.3, 0.4) is 0 Å². The van der Waals surface area contributed by atoms with Crippen LogP contribution in [0.2, 0.25) is 6.04 Å². The van der Waals surface area contributed by atoms with Crippen molar-refractivity contribution in [1.29, 1.82) is 0 Å². The Morgan fingerprint density at radius 3 is 1.83 bits per heavy atom. The van der Waals surface area contributed by atoms with E-state index in [4.69, 9.17) is 23.1 Å². The number of esters is 1. The van der Waals surface area contributed by atoms with Crippen molar-refractivity contribution in [2.45, 2.75) is 78.2 Å². The number of ether oxygens (including phenoxy) is 1. The Morgan fingerprint density at radius 2 is 1.31 bits per heavy atom. The van der Waals surface area contributed by atoms with Gasteiger partial charge in [-0.15, -0.1) is 0 Å². The summed E-state index contributed by atoms with van der Waals surface area (Å²) in [6, 6.07) is 0.883. The van der Waals surface area contributed by atoms with Gasteiger partial charge in [0, 0.05) is 38.0 Å². The molecule has 0 spiro atoms. The van der Waals surface area contributed by atoms with Crippen molar-refractivity contribution < 1.29 is 32.7 Å². The molecule has 0 atom stereocenters. The molecule has 7 nitrogen and oxygen atoms in total. The Balaban J connectivity index is 3.73. The second kappa shape index (κ2) is 18.5. The third-order valence-corrected chi connectivity index (χ3v) is 7.24. The van der Waals surface area contributed by atoms with Crippen molar-refractivity contribution >= 4 is 20.7 Å². The van der Waals surface area contributed by atoms with Crippen molar-refractivity contribution in [3.8, 4) is 0 Å². The number of unbranched alkanes of at least 4 members (excludes halogenated alkanes) is 7. The molecular weight excluding hydrogens is 392 g/mol. The standard InChI is InChI=1S/C21H38O7Si/c1-4-26-29(27-5-2,28-6-3)19-15-13-11-9-7-8-10-12-14-18-25-21(24)17-16-20(22)23/h14,16-18H,4-13,15,19H2,1-3H3,(H,22,23). The summed E-state index contributed by atoms with van der Waals surface area (Å²) in [6.45, 7) is 7.82. The van der Waals surface area contributed by atoms with Gasteiger partial charge in [0.25, 0.3) is 0 Å². The maximum absolute atomic E-state index is 11.1. The Labute approximate surface area is 176 Å². The number of rotatable bonds is 19. The summed E-state index contributed by atoms with van der Waals surface area (Å²) in [5.74, 6) is -1.86. The van der Waals surface area contributed by atoms with Crippen LogP contribution in [0, 0.1) is 0 Å². The highest BCUT2D eigenvalue weighted by atomic mass is 28.4. The van der Waals surface area contributed by atoms with Gasteiger partial charge in [-0.3, -0.25) is 0 Å². The molecule has 8 heteroatoms. The van der Waals surface area contributed by atoms with E-state index in [0.717, 1.165) is 50.3 Å². The summed E-state index contributed by atoms with van der Waals surface area (Å²) in [7, 11) is -2.49. The van der Waals surface area contributed by atoms with Gasteiger partial charge in [0.05, 0.1) is 6.26 Å². The molecule has 0 bridgehead atoms. The first-order chi connectivity index (χ1) is 14.0. The molecule has 0 aromatic rings. The van der Waals surface area contributed by atoms with Gasteiger partial charge in [-0.25, -0.2) is 9.59 Å². The molecule has 0 rings (SSSR count). The van der Waals surface area contributed by atoms with Crippen LogP contribution in [-0.2, 0) is 27.6 Å². The zero-order valence-electron chi connectivity index (χ0n) is 18.2. The minimum Gasteiger partial charge on any atom is -0.478 e. The molecule has 0 saturated carbocycles. The summed E-state index contributed by atoms with van der Waals surface area (Å²) in [5, 5.41) is 8.40. The highest BCUT2D eigenvalue weighted by Crippen LogP contribution is 2.20. The lowest BCUT2D eigenvalue weighted by atomic mass is 10.1. The molecule has 0 unspecified atom stereocenters. The monoisotopic (exact) mass is 430 g/mol. The number of hydrogen-bond acceptors (Lipinski definition) is 6. The second-order valence-electron chi connectivity index (χ2n) is 6.48. The van der Waals surface area contributed by atoms with Gasteiger partial charge >= 0.3 is 20.7 Å². The van der Waals surface area contributed by atoms with Gasteiger partial charge in [0.1, 0.15) is 0 Å². The van der Waals surface area contributed by atoms with Crippen LogP contribution in [0.1, 0.15) is 72.1 Å². The topological polar surface area (TPSA) is 91.3 Å². The molecule has 0 fully saturated rings. The van der Waals surface area contributed by atoms with Crippen LogP contribution in [0.15, 0.2) is 24.5 Å². The first kappa shape index (κ1) is 27.5. The van der Waals surface area contributed by atoms with Crippen LogP contribution in [0.25, 0.3) is 0 Å². The number of carbonyl (C=O) groups excluding carboxylic acids is 1. The lowest BCUT2D eigenvalue weighted by Gasteiger charge is -2.28. The first-order valence-electron chi connectivity index (χ1n) is 10.7. The van der Waals surface area contributed by atoms with E-state index in [2.05, 4.69) is 0 Å². The third-order valence-electron chi connectivity index (χ3n) is 4.09. The molecular formula is C21H38O7Si. The van der Waals surface area contributed by atoms with E-state index in [1.807, 2.05) is 20.8 Å². The maximum Gasteiger partial charge on any atom is 0.500 e. The van der Waals surface area contributed by atoms with E-state index in [1.54, 1.807) is 6.08 Å². The van der Waals surface area contributed by atoms with Crippen LogP contribution in [0.4, 0.5) is 0 Å². The number of allylic oxidation sites excluding steroid dienone is 1. The van der Waals surface area contributed by atoms with Crippen molar-refractivity contribution in [3.05, 3.63) is 24.5 Å². The predicted molar refractivity (Wildman–Crippen MR) is 114 cm³/mol. The molecule has 0 heterocycles. The summed E-state index contributed by atoms with van der Waals surface area (Å²) in [6.07, 6.45) is 13.5. The highest BCUT2D eigenvalue weighted by molar-refractivity contribution is 6.60. The number of carboxylic acid groups (broad SMARTS) is 1. The fraction of sp³-hybridized carbons (Fsp3) is 0.714. The third kappa shape index (κ3) is 16.0. The normalized spacial score (nSPS) is 12.1. The van der Waals surface area contributed by atoms with Gasteiger partial charge < -0.3 is 23.1 Å². The van der Waals surface area contributed by atoms with Gasteiger partial charge in [0.2, 0.25) is 0 Å². The van der Waals surface area contributed by atoms with Crippen molar-refractivity contribution in [2.24, 2.45) is 0 Å². The second-order valence-corrected chi connectivity index (χ2v) is 9.21. The molecule has 0 amide bonds. The van der Waals surface area contributed by atoms with Crippen molar-refractivity contribution in [1.82, 2.24) is 0 Å². The highest BCUT2D eigenvalue weighted by Gasteiger charge is 2.39. The molecule has 168 valence electrons. The fourth-order valence-corrected chi connectivity index (χ4v) is 5.54. The van der Waals surface area contributed by atoms with E-state index >= 15 is 0 Å². The van der Waals surface area contributed by atoms with Crippen LogP contribution in [-0.4, -0.2) is 45.7 Å². The van der Waals surface area contributed by atoms with E-state index in [1.165, 1.54) is 25.5 Å². The molecule has 0 aliphatic rings. The van der Waals surface area contributed by atoms with E-state index in [9.17, 15) is 9.59 Å². The summed E-state index contributed by atoms with van der Waals surface area (Å²) in [5.41, 5.74) is 0. The molecule has 29 heavy (non-hydrogen) atoms. The SMILES string of the molecule is CCO[Si](CCCCCCCCCC=COC(=O)C=CC(=O)O)(OCC)OCC. The van der Waals surface area contributed by atoms with Gasteiger partial charge in [-0.05, 0) is 46.1 Å². The molecule has 0 aromatic heterocycles. The molecule has 0 saturated heterocycles. The summed E-state index contributed by atoms with van der Waals surface area (Å²) >= 11 is 0. The largest absolute Gasteiger partial charge is 0.500 e. The Kier molecular flexibility index (Phi) is 17.6. The maximum atomic E-state index is 11.1. The molecule has 0 aliphatic heterocycles. The summed E-state index contributed by atoms with van der Waals surface area (Å²) in [4.78, 5) is 21.4. The first-order valence-corrected chi connectivity index (χ1v) is 12.6. The van der Waals surface area contributed by atoms with E-state index in [-0.39, 0.29) is 0 Å². The van der Waals surface area contributed by atoms with E-state index in [0.29, 0.717) is 19.8 Å². The molecule has 0 aliphatic carbocycles. The lowest BCUT2D eigenvalue weighted by Crippen LogP contribution is -2.45. The Morgan fingerprint density at radius 1 is 0.793 bits per heavy atom. The van der Waals surface area contributed by atoms with Crippen LogP contribution >= 0.6 is 0 Å². The quantitative estimate of drug-likeness (QED) is 0.103. The number of aliphatic carboxylic acids is 1. The van der Waals surface area contributed by atoms with Gasteiger partial charge in [-0.1, -0.05) is 32.1 Å². The van der Waals surface area contributed by atoms with Crippen LogP contribution < -0.4 is 0 Å². The summed E-state index contributed by atoms with van der Waals surface area (Å²) < 4.78 is 22.4. The zero-order valence-corrected chi connectivity index (χ0v) is 19.2. The molecule has 1 N–H and O–H groups in total. The molecule has 0 radical (unpaired) electrons. The molecule has 0 aromatic carbocycles. The lowest BCUT2D eigenvalue weighted by molar-refractivity contribution is -0.134. The number of carbonyl (C=O) groups is 2. The minimum atomic E-state index is -2.49. The van der Waals surface area contributed by atoms with Gasteiger partial charge in [-0.2, -0.15) is 0 Å². The van der Waals surface area contributed by atoms with Gasteiger partial charge in [0.15, 0.2) is 0 Å². The van der Waals surface area contributed by atoms with Crippen molar-refractivity contribution in [3.63, 3.8) is 0 Å². The average molecular weight is 431 g/mol. The smallest absolute Gasteiger partial charge is 0.478 e. The van der Waals surface area contributed by atoms with E-state index < -0.39 is 20.7 Å².